The Morgan fingerprint density at radius 1 is 1.20 bits per heavy atom. The summed E-state index contributed by atoms with van der Waals surface area (Å²) in [7, 11) is 0. The molecule has 58 valence electrons. The van der Waals surface area contributed by atoms with E-state index in [1.165, 1.54) is 38.2 Å². The topological polar surface area (TPSA) is 47.1 Å². The van der Waals surface area contributed by atoms with E-state index < -0.39 is 0 Å². The van der Waals surface area contributed by atoms with Gasteiger partial charge < -0.3 is 10.4 Å². The van der Waals surface area contributed by atoms with Gasteiger partial charge in [0.2, 0.25) is 0 Å². The van der Waals surface area contributed by atoms with Gasteiger partial charge in [-0.1, -0.05) is 0 Å². The van der Waals surface area contributed by atoms with E-state index in [9.17, 15) is 0 Å². The zero-order valence-electron chi connectivity index (χ0n) is 6.14. The average Bonchev–Trinajstić information content (AvgIpc) is 2.33. The third-order valence-corrected chi connectivity index (χ3v) is 2.07. The molecule has 0 aromatic carbocycles. The van der Waals surface area contributed by atoms with Crippen LogP contribution in [0.25, 0.3) is 0 Å². The molecular weight excluding hydrogens is 128 g/mol. The zero-order chi connectivity index (χ0) is 6.10. The van der Waals surface area contributed by atoms with Crippen LogP contribution in [0.2, 0.25) is 0 Å². The van der Waals surface area contributed by atoms with Gasteiger partial charge in [0, 0.05) is 26.1 Å². The zero-order valence-corrected chi connectivity index (χ0v) is 6.14. The fourth-order valence-corrected chi connectivity index (χ4v) is 1.60. The van der Waals surface area contributed by atoms with Crippen molar-refractivity contribution in [2.45, 2.75) is 19.3 Å². The van der Waals surface area contributed by atoms with Gasteiger partial charge in [-0.05, 0) is 12.8 Å². The predicted molar refractivity (Wildman–Crippen MR) is 41.3 cm³/mol. The van der Waals surface area contributed by atoms with Gasteiger partial charge in [0.1, 0.15) is 0 Å². The molecule has 2 heterocycles. The van der Waals surface area contributed by atoms with E-state index >= 15 is 0 Å². The van der Waals surface area contributed by atoms with Crippen molar-refractivity contribution in [2.24, 2.45) is 4.99 Å². The third kappa shape index (κ3) is 1.14. The molecule has 1 fully saturated rings. The number of hydrogen-bond donors (Lipinski definition) is 0. The summed E-state index contributed by atoms with van der Waals surface area (Å²) in [5, 5.41) is 0. The van der Waals surface area contributed by atoms with Crippen molar-refractivity contribution in [1.82, 2.24) is 4.90 Å². The number of rotatable bonds is 0. The second kappa shape index (κ2) is 3.01. The highest BCUT2D eigenvalue weighted by molar-refractivity contribution is 5.84. The Morgan fingerprint density at radius 3 is 2.80 bits per heavy atom. The lowest BCUT2D eigenvalue weighted by molar-refractivity contribution is 0.427. The molecule has 3 nitrogen and oxygen atoms in total. The first-order chi connectivity index (χ1) is 4.47. The maximum absolute atomic E-state index is 4.43. The van der Waals surface area contributed by atoms with Crippen molar-refractivity contribution >= 4 is 5.84 Å². The van der Waals surface area contributed by atoms with Crippen LogP contribution in [0.1, 0.15) is 19.3 Å². The number of amidine groups is 1. The van der Waals surface area contributed by atoms with Crippen molar-refractivity contribution < 1.29 is 5.48 Å². The first-order valence-corrected chi connectivity index (χ1v) is 3.75. The summed E-state index contributed by atoms with van der Waals surface area (Å²) in [6, 6.07) is 0. The summed E-state index contributed by atoms with van der Waals surface area (Å²) >= 11 is 0. The van der Waals surface area contributed by atoms with Gasteiger partial charge in [-0.15, -0.1) is 0 Å². The predicted octanol–water partition coefficient (Wildman–Crippen LogP) is 0.0597. The quantitative estimate of drug-likeness (QED) is 0.471. The summed E-state index contributed by atoms with van der Waals surface area (Å²) in [6.45, 7) is 3.60. The molecule has 0 amide bonds. The monoisotopic (exact) mass is 142 g/mol. The summed E-state index contributed by atoms with van der Waals surface area (Å²) in [4.78, 5) is 6.85. The van der Waals surface area contributed by atoms with Crippen LogP contribution in [0.3, 0.4) is 0 Å². The Morgan fingerprint density at radius 2 is 2.00 bits per heavy atom. The SMILES string of the molecule is C1CN=C2CCCN2C1.O. The average molecular weight is 142 g/mol. The fourth-order valence-electron chi connectivity index (χ4n) is 1.60. The summed E-state index contributed by atoms with van der Waals surface area (Å²) in [5.41, 5.74) is 0. The van der Waals surface area contributed by atoms with Crippen LogP contribution in [-0.4, -0.2) is 35.8 Å². The highest BCUT2D eigenvalue weighted by atomic mass is 16.0. The maximum atomic E-state index is 4.43. The first-order valence-electron chi connectivity index (χ1n) is 3.75. The number of nitrogens with zero attached hydrogens (tertiary/aromatic N) is 2. The van der Waals surface area contributed by atoms with Crippen LogP contribution in [0, 0.1) is 0 Å². The molecule has 0 radical (unpaired) electrons. The van der Waals surface area contributed by atoms with Crippen molar-refractivity contribution in [1.29, 1.82) is 0 Å². The standard InChI is InChI=1S/C7H12N2.H2O/c1-3-7-8-4-2-6-9(7)5-1;/h1-6H2;1H2. The van der Waals surface area contributed by atoms with Gasteiger partial charge in [-0.3, -0.25) is 4.99 Å². The van der Waals surface area contributed by atoms with Crippen molar-refractivity contribution in [3.63, 3.8) is 0 Å². The number of hydrogen-bond acceptors (Lipinski definition) is 2. The van der Waals surface area contributed by atoms with Gasteiger partial charge in [0.15, 0.2) is 0 Å². The summed E-state index contributed by atoms with van der Waals surface area (Å²) in [6.07, 6.45) is 3.84. The van der Waals surface area contributed by atoms with Crippen molar-refractivity contribution in [3.8, 4) is 0 Å². The van der Waals surface area contributed by atoms with Gasteiger partial charge in [0.25, 0.3) is 0 Å². The maximum Gasteiger partial charge on any atom is 0.0989 e. The van der Waals surface area contributed by atoms with E-state index in [0.717, 1.165) is 6.54 Å². The van der Waals surface area contributed by atoms with Crippen LogP contribution in [-0.2, 0) is 0 Å². The van der Waals surface area contributed by atoms with E-state index in [4.69, 9.17) is 0 Å². The molecule has 3 heteroatoms. The van der Waals surface area contributed by atoms with E-state index in [-0.39, 0.29) is 5.48 Å². The minimum absolute atomic E-state index is 0. The van der Waals surface area contributed by atoms with Crippen molar-refractivity contribution in [3.05, 3.63) is 0 Å². The summed E-state index contributed by atoms with van der Waals surface area (Å²) < 4.78 is 0. The molecule has 0 bridgehead atoms. The van der Waals surface area contributed by atoms with Gasteiger partial charge in [-0.2, -0.15) is 0 Å². The number of aliphatic imine (C=N–C) groups is 1. The smallest absolute Gasteiger partial charge is 0.0989 e. The van der Waals surface area contributed by atoms with E-state index in [1.54, 1.807) is 0 Å². The minimum atomic E-state index is 0. The Hall–Kier alpha value is -0.570. The van der Waals surface area contributed by atoms with E-state index in [2.05, 4.69) is 9.89 Å². The molecule has 0 aromatic rings. The molecule has 10 heavy (non-hydrogen) atoms. The van der Waals surface area contributed by atoms with Crippen LogP contribution in [0.5, 0.6) is 0 Å². The van der Waals surface area contributed by atoms with Crippen molar-refractivity contribution in [2.75, 3.05) is 19.6 Å². The molecule has 1 saturated heterocycles. The van der Waals surface area contributed by atoms with Crippen LogP contribution >= 0.6 is 0 Å². The van der Waals surface area contributed by atoms with Crippen LogP contribution < -0.4 is 0 Å². The molecule has 0 spiro atoms. The summed E-state index contributed by atoms with van der Waals surface area (Å²) in [5.74, 6) is 1.38. The molecule has 2 rings (SSSR count). The molecule has 0 aliphatic carbocycles. The van der Waals surface area contributed by atoms with Gasteiger partial charge in [-0.25, -0.2) is 0 Å². The fraction of sp³-hybridized carbons (Fsp3) is 0.857. The Balaban J connectivity index is 0.000000500. The van der Waals surface area contributed by atoms with Gasteiger partial charge >= 0.3 is 0 Å². The lowest BCUT2D eigenvalue weighted by Gasteiger charge is -2.21. The van der Waals surface area contributed by atoms with Crippen LogP contribution in [0.4, 0.5) is 0 Å². The minimum Gasteiger partial charge on any atom is -0.412 e. The lowest BCUT2D eigenvalue weighted by Crippen LogP contribution is -2.29. The third-order valence-electron chi connectivity index (χ3n) is 2.07. The highest BCUT2D eigenvalue weighted by Gasteiger charge is 2.19. The van der Waals surface area contributed by atoms with Gasteiger partial charge in [0.05, 0.1) is 5.84 Å². The molecule has 2 aliphatic rings. The largest absolute Gasteiger partial charge is 0.412 e. The second-order valence-electron chi connectivity index (χ2n) is 2.74. The van der Waals surface area contributed by atoms with E-state index in [1.807, 2.05) is 0 Å². The molecule has 0 aromatic heterocycles. The molecule has 2 N–H and O–H groups in total. The first kappa shape index (κ1) is 7.54. The van der Waals surface area contributed by atoms with Crippen LogP contribution in [0.15, 0.2) is 4.99 Å². The highest BCUT2D eigenvalue weighted by Crippen LogP contribution is 2.14. The molecule has 0 atom stereocenters. The molecule has 0 unspecified atom stereocenters. The number of fused-ring (bicyclic) bond motifs is 1. The Kier molecular flexibility index (Phi) is 2.27. The molecular formula is C7H14N2O. The second-order valence-corrected chi connectivity index (χ2v) is 2.74. The lowest BCUT2D eigenvalue weighted by atomic mass is 10.3. The Bertz CT molecular complexity index is 145. The normalized spacial score (nSPS) is 23.2. The van der Waals surface area contributed by atoms with E-state index in [0.29, 0.717) is 0 Å². The molecule has 2 aliphatic heterocycles. The Labute approximate surface area is 61.1 Å². The molecule has 0 saturated carbocycles.